The molecule has 0 aliphatic heterocycles. The van der Waals surface area contributed by atoms with Crippen LogP contribution in [0.1, 0.15) is 17.3 Å². The molecule has 10 heteroatoms. The Hall–Kier alpha value is -1.94. The minimum absolute atomic E-state index is 0.00904. The summed E-state index contributed by atoms with van der Waals surface area (Å²) in [5.41, 5.74) is 0.509. The number of benzene rings is 2. The molecule has 2 aromatic rings. The number of hydrogen-bond acceptors (Lipinski definition) is 5. The zero-order valence-corrected chi connectivity index (χ0v) is 18.4. The summed E-state index contributed by atoms with van der Waals surface area (Å²) in [5.74, 6) is -1.35. The lowest BCUT2D eigenvalue weighted by atomic mass is 10.2. The van der Waals surface area contributed by atoms with Gasteiger partial charge in [0, 0.05) is 29.3 Å². The fourth-order valence-electron chi connectivity index (χ4n) is 2.08. The molecule has 0 radical (unpaired) electrons. The van der Waals surface area contributed by atoms with Crippen molar-refractivity contribution in [2.24, 2.45) is 0 Å². The fourth-order valence-corrected chi connectivity index (χ4v) is 4.05. The molecule has 0 aliphatic carbocycles. The van der Waals surface area contributed by atoms with Crippen molar-refractivity contribution in [1.29, 1.82) is 0 Å². The van der Waals surface area contributed by atoms with Crippen molar-refractivity contribution in [3.63, 3.8) is 0 Å². The van der Waals surface area contributed by atoms with Gasteiger partial charge in [0.1, 0.15) is 0 Å². The molecule has 0 saturated carbocycles. The van der Waals surface area contributed by atoms with E-state index in [9.17, 15) is 18.0 Å². The van der Waals surface area contributed by atoms with Crippen molar-refractivity contribution in [2.75, 3.05) is 19.4 Å². The maximum Gasteiger partial charge on any atom is 0.338 e. The second-order valence-corrected chi connectivity index (χ2v) is 9.39. The smallest absolute Gasteiger partial charge is 0.338 e. The van der Waals surface area contributed by atoms with Crippen LogP contribution in [-0.4, -0.2) is 44.8 Å². The van der Waals surface area contributed by atoms with E-state index < -0.39 is 28.0 Å². The van der Waals surface area contributed by atoms with E-state index in [1.165, 1.54) is 39.2 Å². The van der Waals surface area contributed by atoms with E-state index in [2.05, 4.69) is 21.2 Å². The summed E-state index contributed by atoms with van der Waals surface area (Å²) in [6.07, 6.45) is -1.10. The monoisotopic (exact) mass is 488 g/mol. The third-order valence-corrected chi connectivity index (χ3v) is 6.75. The van der Waals surface area contributed by atoms with E-state index in [-0.39, 0.29) is 10.5 Å². The number of carbonyl (C=O) groups excluding carboxylic acids is 2. The van der Waals surface area contributed by atoms with Crippen LogP contribution in [0.4, 0.5) is 5.69 Å². The maximum atomic E-state index is 12.4. The molecule has 0 aliphatic rings. The number of amides is 1. The van der Waals surface area contributed by atoms with Crippen LogP contribution in [0.5, 0.6) is 0 Å². The van der Waals surface area contributed by atoms with Crippen LogP contribution in [0.15, 0.2) is 51.8 Å². The first-order chi connectivity index (χ1) is 13.0. The van der Waals surface area contributed by atoms with Gasteiger partial charge < -0.3 is 10.1 Å². The lowest BCUT2D eigenvalue weighted by Gasteiger charge is -2.16. The van der Waals surface area contributed by atoms with E-state index in [1.54, 1.807) is 24.3 Å². The first-order valence-corrected chi connectivity index (χ1v) is 10.6. The van der Waals surface area contributed by atoms with Crippen molar-refractivity contribution in [1.82, 2.24) is 4.31 Å². The summed E-state index contributed by atoms with van der Waals surface area (Å²) in [7, 11) is -0.994. The number of halogens is 2. The first-order valence-electron chi connectivity index (χ1n) is 8.02. The third kappa shape index (κ3) is 5.32. The van der Waals surface area contributed by atoms with E-state index in [0.717, 1.165) is 4.31 Å². The van der Waals surface area contributed by atoms with Gasteiger partial charge in [0.2, 0.25) is 10.0 Å². The summed E-state index contributed by atoms with van der Waals surface area (Å²) < 4.78 is 31.2. The van der Waals surface area contributed by atoms with Crippen LogP contribution >= 0.6 is 27.5 Å². The average Bonchev–Trinajstić information content (AvgIpc) is 2.63. The minimum atomic E-state index is -3.76. The predicted molar refractivity (Wildman–Crippen MR) is 110 cm³/mol. The second kappa shape index (κ2) is 9.04. The normalized spacial score (nSPS) is 12.5. The quantitative estimate of drug-likeness (QED) is 0.627. The number of esters is 1. The van der Waals surface area contributed by atoms with Gasteiger partial charge in [0.05, 0.1) is 10.5 Å². The zero-order chi connectivity index (χ0) is 21.1. The number of rotatable bonds is 6. The molecule has 2 aromatic carbocycles. The Morgan fingerprint density at radius 3 is 2.32 bits per heavy atom. The Labute approximate surface area is 176 Å². The molecule has 0 heterocycles. The van der Waals surface area contributed by atoms with E-state index in [0.29, 0.717) is 15.2 Å². The number of ether oxygens (including phenoxy) is 1. The highest BCUT2D eigenvalue weighted by atomic mass is 79.9. The lowest BCUT2D eigenvalue weighted by molar-refractivity contribution is -0.123. The lowest BCUT2D eigenvalue weighted by Crippen LogP contribution is -2.30. The third-order valence-electron chi connectivity index (χ3n) is 3.69. The van der Waals surface area contributed by atoms with Gasteiger partial charge in [-0.3, -0.25) is 4.79 Å². The van der Waals surface area contributed by atoms with Crippen LogP contribution in [0.25, 0.3) is 0 Å². The summed E-state index contributed by atoms with van der Waals surface area (Å²) in [4.78, 5) is 24.5. The molecule has 28 heavy (non-hydrogen) atoms. The summed E-state index contributed by atoms with van der Waals surface area (Å²) in [6.45, 7) is 1.42. The summed E-state index contributed by atoms with van der Waals surface area (Å²) in [5, 5.41) is 3.12. The Balaban J connectivity index is 2.13. The predicted octanol–water partition coefficient (Wildman–Crippen LogP) is 3.54. The molecule has 0 aromatic heterocycles. The molecule has 2 rings (SSSR count). The largest absolute Gasteiger partial charge is 0.449 e. The van der Waals surface area contributed by atoms with Gasteiger partial charge in [-0.1, -0.05) is 11.6 Å². The van der Waals surface area contributed by atoms with Crippen LogP contribution in [0, 0.1) is 0 Å². The van der Waals surface area contributed by atoms with Crippen LogP contribution < -0.4 is 5.32 Å². The van der Waals surface area contributed by atoms with Crippen molar-refractivity contribution in [3.8, 4) is 0 Å². The van der Waals surface area contributed by atoms with Crippen molar-refractivity contribution < 1.29 is 22.7 Å². The van der Waals surface area contributed by atoms with E-state index in [1.807, 2.05) is 0 Å². The number of sulfonamides is 1. The molecule has 150 valence electrons. The Morgan fingerprint density at radius 2 is 1.75 bits per heavy atom. The highest BCUT2D eigenvalue weighted by molar-refractivity contribution is 9.10. The molecule has 0 spiro atoms. The number of carbonyl (C=O) groups is 2. The van der Waals surface area contributed by atoms with Crippen LogP contribution in [0.2, 0.25) is 5.02 Å². The minimum Gasteiger partial charge on any atom is -0.449 e. The van der Waals surface area contributed by atoms with Crippen LogP contribution in [0.3, 0.4) is 0 Å². The van der Waals surface area contributed by atoms with Gasteiger partial charge in [-0.15, -0.1) is 0 Å². The van der Waals surface area contributed by atoms with Gasteiger partial charge in [-0.2, -0.15) is 0 Å². The van der Waals surface area contributed by atoms with Crippen molar-refractivity contribution >= 4 is 55.1 Å². The number of nitrogens with zero attached hydrogens (tertiary/aromatic N) is 1. The Bertz CT molecular complexity index is 994. The van der Waals surface area contributed by atoms with Gasteiger partial charge in [-0.05, 0) is 65.3 Å². The number of nitrogens with one attached hydrogen (secondary N) is 1. The molecule has 1 amide bonds. The molecule has 0 fully saturated rings. The highest BCUT2D eigenvalue weighted by Crippen LogP contribution is 2.25. The van der Waals surface area contributed by atoms with Gasteiger partial charge >= 0.3 is 5.97 Å². The molecule has 0 bridgehead atoms. The number of hydrogen-bond donors (Lipinski definition) is 1. The molecular formula is C18H18BrClN2O5S. The van der Waals surface area contributed by atoms with Gasteiger partial charge in [0.25, 0.3) is 5.91 Å². The maximum absolute atomic E-state index is 12.4. The molecule has 1 N–H and O–H groups in total. The van der Waals surface area contributed by atoms with Crippen molar-refractivity contribution in [3.05, 3.63) is 57.5 Å². The molecule has 0 saturated heterocycles. The SMILES string of the molecule is CC(OC(=O)c1ccc(Br)c(S(=O)(=O)N(C)C)c1)C(=O)Nc1ccc(Cl)cc1. The topological polar surface area (TPSA) is 92.8 Å². The summed E-state index contributed by atoms with van der Waals surface area (Å²) in [6, 6.07) is 10.5. The Morgan fingerprint density at radius 1 is 1.14 bits per heavy atom. The summed E-state index contributed by atoms with van der Waals surface area (Å²) >= 11 is 8.96. The molecule has 1 atom stereocenters. The highest BCUT2D eigenvalue weighted by Gasteiger charge is 2.24. The van der Waals surface area contributed by atoms with E-state index >= 15 is 0 Å². The standard InChI is InChI=1S/C18H18BrClN2O5S/c1-11(17(23)21-14-7-5-13(20)6-8-14)27-18(24)12-4-9-15(19)16(10-12)28(25,26)22(2)3/h4-11H,1-3H3,(H,21,23). The zero-order valence-electron chi connectivity index (χ0n) is 15.3. The molecule has 7 nitrogen and oxygen atoms in total. The van der Waals surface area contributed by atoms with Crippen molar-refractivity contribution in [2.45, 2.75) is 17.9 Å². The second-order valence-electron chi connectivity index (χ2n) is 5.98. The first kappa shape index (κ1) is 22.4. The van der Waals surface area contributed by atoms with Gasteiger partial charge in [0.15, 0.2) is 6.10 Å². The van der Waals surface area contributed by atoms with E-state index in [4.69, 9.17) is 16.3 Å². The fraction of sp³-hybridized carbons (Fsp3) is 0.222. The van der Waals surface area contributed by atoms with Crippen LogP contribution in [-0.2, 0) is 19.6 Å². The number of anilines is 1. The Kier molecular flexibility index (Phi) is 7.22. The van der Waals surface area contributed by atoms with Gasteiger partial charge in [-0.25, -0.2) is 17.5 Å². The molecular weight excluding hydrogens is 472 g/mol. The molecule has 1 unspecified atom stereocenters. The average molecular weight is 490 g/mol.